The molecule has 2 atom stereocenters. The van der Waals surface area contributed by atoms with Crippen LogP contribution in [-0.4, -0.2) is 76.5 Å². The average Bonchev–Trinajstić information content (AvgIpc) is 3.53. The molecule has 0 aromatic heterocycles. The van der Waals surface area contributed by atoms with Crippen molar-refractivity contribution in [2.45, 2.75) is 88.1 Å². The van der Waals surface area contributed by atoms with Gasteiger partial charge in [0.2, 0.25) is 11.8 Å². The predicted octanol–water partition coefficient (Wildman–Crippen LogP) is 2.49. The van der Waals surface area contributed by atoms with Crippen LogP contribution in [0.2, 0.25) is 0 Å². The van der Waals surface area contributed by atoms with Crippen molar-refractivity contribution < 1.29 is 22.2 Å². The summed E-state index contributed by atoms with van der Waals surface area (Å²) in [5.74, 6) is 0.179. The van der Waals surface area contributed by atoms with Crippen molar-refractivity contribution in [3.8, 4) is 0 Å². The standard InChI is InChI=1S/C12H15NO4S.C10H18N2O.C5H11N/c1-9-2-5-11(6-3-9)18(15,16)17-8-10-4-7-12(14)13-10;13-10-5-4-9(11-10)8-12-6-2-1-3-7-12;1-2-4-6-5-3-1/h2-3,5-6,10H,4,7-8H2,1H3,(H,13,14);9H,1-8H2,(H,11,13);6H,1-5H2/t10-;9-;/m00./s1. The molecule has 10 heteroatoms. The number of benzene rings is 1. The second-order valence-corrected chi connectivity index (χ2v) is 11.9. The molecule has 9 nitrogen and oxygen atoms in total. The van der Waals surface area contributed by atoms with Gasteiger partial charge in [-0.3, -0.25) is 13.8 Å². The van der Waals surface area contributed by atoms with E-state index in [1.807, 2.05) is 6.92 Å². The summed E-state index contributed by atoms with van der Waals surface area (Å²) in [6.45, 7) is 7.90. The summed E-state index contributed by atoms with van der Waals surface area (Å²) in [5, 5.41) is 8.96. The lowest BCUT2D eigenvalue weighted by molar-refractivity contribution is -0.120. The molecule has 3 N–H and O–H groups in total. The lowest BCUT2D eigenvalue weighted by Crippen LogP contribution is -2.41. The van der Waals surface area contributed by atoms with Crippen molar-refractivity contribution in [3.05, 3.63) is 29.8 Å². The molecule has 2 amide bonds. The van der Waals surface area contributed by atoms with Gasteiger partial charge in [-0.25, -0.2) is 0 Å². The van der Waals surface area contributed by atoms with Crippen molar-refractivity contribution in [1.82, 2.24) is 20.9 Å². The second kappa shape index (κ2) is 15.4. The van der Waals surface area contributed by atoms with Crippen molar-refractivity contribution in [1.29, 1.82) is 0 Å². The first-order valence-corrected chi connectivity index (χ1v) is 15.2. The molecule has 0 aliphatic carbocycles. The molecule has 37 heavy (non-hydrogen) atoms. The van der Waals surface area contributed by atoms with Gasteiger partial charge in [0.15, 0.2) is 0 Å². The largest absolute Gasteiger partial charge is 0.352 e. The quantitative estimate of drug-likeness (QED) is 0.478. The van der Waals surface area contributed by atoms with Gasteiger partial charge in [-0.2, -0.15) is 8.42 Å². The zero-order valence-electron chi connectivity index (χ0n) is 22.2. The Hall–Kier alpha value is -2.01. The second-order valence-electron chi connectivity index (χ2n) is 10.3. The minimum Gasteiger partial charge on any atom is -0.352 e. The number of piperidine rings is 2. The van der Waals surface area contributed by atoms with E-state index in [-0.39, 0.29) is 29.4 Å². The lowest BCUT2D eigenvalue weighted by atomic mass is 10.1. The molecule has 1 aromatic rings. The van der Waals surface area contributed by atoms with Crippen molar-refractivity contribution in [2.24, 2.45) is 0 Å². The number of rotatable bonds is 6. The van der Waals surface area contributed by atoms with Crippen LogP contribution in [0.25, 0.3) is 0 Å². The minimum atomic E-state index is -3.73. The Balaban J connectivity index is 0.000000173. The van der Waals surface area contributed by atoms with E-state index in [1.54, 1.807) is 12.1 Å². The molecule has 4 heterocycles. The molecule has 0 unspecified atom stereocenters. The first-order valence-electron chi connectivity index (χ1n) is 13.8. The van der Waals surface area contributed by atoms with E-state index in [9.17, 15) is 18.0 Å². The van der Waals surface area contributed by atoms with E-state index in [0.29, 0.717) is 18.9 Å². The molecule has 0 radical (unpaired) electrons. The minimum absolute atomic E-state index is 0.0120. The molecule has 5 rings (SSSR count). The monoisotopic (exact) mass is 536 g/mol. The van der Waals surface area contributed by atoms with Crippen LogP contribution in [0.4, 0.5) is 0 Å². The van der Waals surface area contributed by atoms with Gasteiger partial charge in [0.05, 0.1) is 17.5 Å². The molecule has 0 saturated carbocycles. The van der Waals surface area contributed by atoms with Crippen LogP contribution in [0.3, 0.4) is 0 Å². The molecule has 0 bridgehead atoms. The number of hydrogen-bond donors (Lipinski definition) is 3. The average molecular weight is 537 g/mol. The van der Waals surface area contributed by atoms with Gasteiger partial charge in [0.25, 0.3) is 10.1 Å². The fraction of sp³-hybridized carbons (Fsp3) is 0.704. The fourth-order valence-corrected chi connectivity index (χ4v) is 5.77. The van der Waals surface area contributed by atoms with Crippen LogP contribution < -0.4 is 16.0 Å². The van der Waals surface area contributed by atoms with Gasteiger partial charge in [-0.15, -0.1) is 0 Å². The molecular weight excluding hydrogens is 492 g/mol. The van der Waals surface area contributed by atoms with E-state index in [0.717, 1.165) is 24.9 Å². The fourth-order valence-electron chi connectivity index (χ4n) is 4.82. The molecular formula is C27H44N4O5S. The number of hydrogen-bond acceptors (Lipinski definition) is 7. The molecule has 208 valence electrons. The van der Waals surface area contributed by atoms with E-state index < -0.39 is 10.1 Å². The summed E-state index contributed by atoms with van der Waals surface area (Å²) >= 11 is 0. The molecule has 0 spiro atoms. The molecule has 4 aliphatic rings. The summed E-state index contributed by atoms with van der Waals surface area (Å²) in [7, 11) is -3.73. The highest BCUT2D eigenvalue weighted by molar-refractivity contribution is 7.86. The van der Waals surface area contributed by atoms with Crippen molar-refractivity contribution in [3.63, 3.8) is 0 Å². The predicted molar refractivity (Wildman–Crippen MR) is 144 cm³/mol. The Labute approximate surface area is 222 Å². The number of aryl methyl sites for hydroxylation is 1. The third-order valence-corrected chi connectivity index (χ3v) is 8.33. The zero-order chi connectivity index (χ0) is 26.5. The maximum atomic E-state index is 11.8. The van der Waals surface area contributed by atoms with E-state index in [4.69, 9.17) is 4.18 Å². The van der Waals surface area contributed by atoms with Gasteiger partial charge in [0.1, 0.15) is 0 Å². The van der Waals surface area contributed by atoms with Crippen LogP contribution in [-0.2, 0) is 23.9 Å². The van der Waals surface area contributed by atoms with Crippen LogP contribution >= 0.6 is 0 Å². The third-order valence-electron chi connectivity index (χ3n) is 7.04. The summed E-state index contributed by atoms with van der Waals surface area (Å²) in [4.78, 5) is 24.6. The first kappa shape index (κ1) is 29.5. The van der Waals surface area contributed by atoms with Gasteiger partial charge >= 0.3 is 0 Å². The third kappa shape index (κ3) is 11.1. The Kier molecular flexibility index (Phi) is 12.3. The number of likely N-dealkylation sites (tertiary alicyclic amines) is 1. The van der Waals surface area contributed by atoms with E-state index >= 15 is 0 Å². The number of nitrogens with one attached hydrogen (secondary N) is 3. The summed E-state index contributed by atoms with van der Waals surface area (Å²) in [5.41, 5.74) is 0.983. The van der Waals surface area contributed by atoms with Crippen LogP contribution in [0, 0.1) is 6.92 Å². The highest BCUT2D eigenvalue weighted by Crippen LogP contribution is 2.16. The smallest absolute Gasteiger partial charge is 0.297 e. The normalized spacial score (nSPS) is 24.2. The maximum absolute atomic E-state index is 11.8. The molecule has 1 aromatic carbocycles. The lowest BCUT2D eigenvalue weighted by Gasteiger charge is -2.28. The Morgan fingerprint density at radius 1 is 0.838 bits per heavy atom. The van der Waals surface area contributed by atoms with Crippen LogP contribution in [0.5, 0.6) is 0 Å². The highest BCUT2D eigenvalue weighted by Gasteiger charge is 2.25. The number of amides is 2. The number of nitrogens with zero attached hydrogens (tertiary/aromatic N) is 1. The summed E-state index contributed by atoms with van der Waals surface area (Å²) < 4.78 is 28.6. The Morgan fingerprint density at radius 3 is 1.89 bits per heavy atom. The number of carbonyl (C=O) groups is 2. The van der Waals surface area contributed by atoms with Crippen LogP contribution in [0.15, 0.2) is 29.2 Å². The number of carbonyl (C=O) groups excluding carboxylic acids is 2. The zero-order valence-corrected chi connectivity index (χ0v) is 23.0. The highest BCUT2D eigenvalue weighted by atomic mass is 32.2. The SMILES string of the molecule is C1CCNCC1.Cc1ccc(S(=O)(=O)OC[C@@H]2CCC(=O)N2)cc1.O=C1CC[C@@H](CN2CCCCC2)N1. The Bertz CT molecular complexity index is 933. The van der Waals surface area contributed by atoms with Gasteiger partial charge in [0, 0.05) is 25.4 Å². The van der Waals surface area contributed by atoms with Gasteiger partial charge in [-0.05, 0) is 83.8 Å². The molecule has 4 saturated heterocycles. The van der Waals surface area contributed by atoms with Crippen LogP contribution in [0.1, 0.15) is 69.8 Å². The van der Waals surface area contributed by atoms with Crippen molar-refractivity contribution in [2.75, 3.05) is 39.3 Å². The van der Waals surface area contributed by atoms with Gasteiger partial charge < -0.3 is 20.9 Å². The topological polar surface area (TPSA) is 117 Å². The Morgan fingerprint density at radius 2 is 1.41 bits per heavy atom. The maximum Gasteiger partial charge on any atom is 0.297 e. The van der Waals surface area contributed by atoms with E-state index in [1.165, 1.54) is 76.8 Å². The van der Waals surface area contributed by atoms with Crippen molar-refractivity contribution >= 4 is 21.9 Å². The van der Waals surface area contributed by atoms with Gasteiger partial charge in [-0.1, -0.05) is 30.5 Å². The molecule has 4 aliphatic heterocycles. The first-order chi connectivity index (χ1) is 17.8. The molecule has 4 fully saturated rings. The summed E-state index contributed by atoms with van der Waals surface area (Å²) in [6, 6.07) is 6.68. The summed E-state index contributed by atoms with van der Waals surface area (Å²) in [6.07, 6.45) is 11.1. The van der Waals surface area contributed by atoms with E-state index in [2.05, 4.69) is 20.9 Å².